The van der Waals surface area contributed by atoms with E-state index < -0.39 is 0 Å². The van der Waals surface area contributed by atoms with Crippen LogP contribution >= 0.6 is 0 Å². The number of fused-ring (bicyclic) bond motifs is 2. The zero-order valence-electron chi connectivity index (χ0n) is 9.88. The molecular weight excluding hydrogens is 240 g/mol. The lowest BCUT2D eigenvalue weighted by Gasteiger charge is -1.94. The van der Waals surface area contributed by atoms with Crippen molar-refractivity contribution in [1.29, 1.82) is 0 Å². The van der Waals surface area contributed by atoms with E-state index in [9.17, 15) is 0 Å². The number of imidazole rings is 1. The van der Waals surface area contributed by atoms with Crippen molar-refractivity contribution in [2.75, 3.05) is 5.73 Å². The van der Waals surface area contributed by atoms with Gasteiger partial charge in [0.05, 0.1) is 28.3 Å². The summed E-state index contributed by atoms with van der Waals surface area (Å²) >= 11 is 0. The second-order valence-electron chi connectivity index (χ2n) is 4.34. The van der Waals surface area contributed by atoms with Gasteiger partial charge in [0, 0.05) is 0 Å². The third-order valence-corrected chi connectivity index (χ3v) is 3.06. The molecule has 0 amide bonds. The number of benzene rings is 1. The molecule has 0 unspecified atom stereocenters. The summed E-state index contributed by atoms with van der Waals surface area (Å²) < 4.78 is 0. The van der Waals surface area contributed by atoms with Crippen LogP contribution in [0.2, 0.25) is 0 Å². The van der Waals surface area contributed by atoms with Crippen molar-refractivity contribution in [3.63, 3.8) is 0 Å². The Morgan fingerprint density at radius 3 is 2.95 bits per heavy atom. The number of hydrogen-bond donors (Lipinski definition) is 3. The second kappa shape index (κ2) is 3.55. The van der Waals surface area contributed by atoms with Crippen LogP contribution in [-0.4, -0.2) is 25.1 Å². The molecule has 0 aliphatic rings. The molecule has 0 saturated heterocycles. The Kier molecular flexibility index (Phi) is 1.88. The minimum Gasteiger partial charge on any atom is -0.397 e. The van der Waals surface area contributed by atoms with E-state index in [4.69, 9.17) is 5.73 Å². The van der Waals surface area contributed by atoms with Gasteiger partial charge in [0.25, 0.3) is 0 Å². The van der Waals surface area contributed by atoms with E-state index in [-0.39, 0.29) is 0 Å². The molecule has 0 bridgehead atoms. The molecule has 0 aliphatic heterocycles. The topological polar surface area (TPSA) is 96.3 Å². The molecule has 3 aromatic heterocycles. The number of para-hydroxylation sites is 2. The fourth-order valence-electron chi connectivity index (χ4n) is 2.17. The molecule has 4 aromatic rings. The molecule has 4 rings (SSSR count). The smallest absolute Gasteiger partial charge is 0.181 e. The lowest BCUT2D eigenvalue weighted by Crippen LogP contribution is -1.86. The minimum atomic E-state index is 0.603. The first kappa shape index (κ1) is 10.1. The van der Waals surface area contributed by atoms with Crippen LogP contribution in [0.4, 0.5) is 5.69 Å². The average Bonchev–Trinajstić information content (AvgIpc) is 3.00. The standard InChI is InChI=1S/C13H10N6/c14-7-5-8-11(18-19-12(8)15-6-7)13-16-9-3-1-2-4-10(9)17-13/h1-6H,14H2,(H,16,17)(H,15,18,19). The van der Waals surface area contributed by atoms with Crippen LogP contribution in [-0.2, 0) is 0 Å². The predicted octanol–water partition coefficient (Wildman–Crippen LogP) is 2.08. The lowest BCUT2D eigenvalue weighted by molar-refractivity contribution is 1.09. The van der Waals surface area contributed by atoms with Gasteiger partial charge in [0.2, 0.25) is 0 Å². The summed E-state index contributed by atoms with van der Waals surface area (Å²) in [5, 5.41) is 7.97. The Morgan fingerprint density at radius 2 is 2.05 bits per heavy atom. The third-order valence-electron chi connectivity index (χ3n) is 3.06. The predicted molar refractivity (Wildman–Crippen MR) is 73.4 cm³/mol. The van der Waals surface area contributed by atoms with E-state index >= 15 is 0 Å². The number of nitrogens with one attached hydrogen (secondary N) is 2. The monoisotopic (exact) mass is 250 g/mol. The highest BCUT2D eigenvalue weighted by molar-refractivity contribution is 5.92. The maximum atomic E-state index is 5.77. The molecule has 1 aromatic carbocycles. The minimum absolute atomic E-state index is 0.603. The number of nitrogens with zero attached hydrogens (tertiary/aromatic N) is 3. The molecule has 0 spiro atoms. The highest BCUT2D eigenvalue weighted by Crippen LogP contribution is 2.26. The number of nitrogens with two attached hydrogens (primary N) is 1. The molecule has 3 heterocycles. The SMILES string of the molecule is Nc1cnc2n[nH]c(-c3nc4ccccc4[nH]3)c2c1. The Morgan fingerprint density at radius 1 is 1.16 bits per heavy atom. The van der Waals surface area contributed by atoms with Crippen molar-refractivity contribution in [3.8, 4) is 11.5 Å². The van der Waals surface area contributed by atoms with E-state index in [2.05, 4.69) is 25.1 Å². The molecule has 0 fully saturated rings. The summed E-state index contributed by atoms with van der Waals surface area (Å²) in [7, 11) is 0. The molecule has 6 nitrogen and oxygen atoms in total. The normalized spacial score (nSPS) is 11.4. The van der Waals surface area contributed by atoms with Gasteiger partial charge in [0.1, 0.15) is 5.69 Å². The maximum absolute atomic E-state index is 5.77. The van der Waals surface area contributed by atoms with Crippen molar-refractivity contribution < 1.29 is 0 Å². The van der Waals surface area contributed by atoms with Crippen molar-refractivity contribution in [2.24, 2.45) is 0 Å². The molecule has 92 valence electrons. The highest BCUT2D eigenvalue weighted by atomic mass is 15.2. The summed E-state index contributed by atoms with van der Waals surface area (Å²) in [5.41, 5.74) is 9.70. The fourth-order valence-corrected chi connectivity index (χ4v) is 2.17. The van der Waals surface area contributed by atoms with E-state index in [1.807, 2.05) is 30.3 Å². The molecule has 0 radical (unpaired) electrons. The largest absolute Gasteiger partial charge is 0.397 e. The van der Waals surface area contributed by atoms with Crippen molar-refractivity contribution >= 4 is 27.8 Å². The number of aromatic nitrogens is 5. The van der Waals surface area contributed by atoms with E-state index in [0.29, 0.717) is 11.3 Å². The zero-order chi connectivity index (χ0) is 12.8. The molecular formula is C13H10N6. The van der Waals surface area contributed by atoms with Crippen molar-refractivity contribution in [2.45, 2.75) is 0 Å². The molecule has 19 heavy (non-hydrogen) atoms. The summed E-state index contributed by atoms with van der Waals surface area (Å²) in [4.78, 5) is 12.0. The van der Waals surface area contributed by atoms with Gasteiger partial charge in [-0.3, -0.25) is 5.10 Å². The van der Waals surface area contributed by atoms with Gasteiger partial charge in [-0.2, -0.15) is 5.10 Å². The van der Waals surface area contributed by atoms with Crippen molar-refractivity contribution in [1.82, 2.24) is 25.1 Å². The van der Waals surface area contributed by atoms with Crippen LogP contribution in [0.5, 0.6) is 0 Å². The first-order chi connectivity index (χ1) is 9.31. The number of H-pyrrole nitrogens is 2. The van der Waals surface area contributed by atoms with Crippen LogP contribution in [0.1, 0.15) is 0 Å². The number of rotatable bonds is 1. The Labute approximate surface area is 107 Å². The summed E-state index contributed by atoms with van der Waals surface area (Å²) in [6.07, 6.45) is 1.59. The quantitative estimate of drug-likeness (QED) is 0.482. The van der Waals surface area contributed by atoms with Gasteiger partial charge in [-0.1, -0.05) is 12.1 Å². The average molecular weight is 250 g/mol. The fraction of sp³-hybridized carbons (Fsp3) is 0. The molecule has 0 atom stereocenters. The number of nitrogen functional groups attached to an aromatic ring is 1. The van der Waals surface area contributed by atoms with Crippen LogP contribution in [0.15, 0.2) is 36.5 Å². The van der Waals surface area contributed by atoms with Crippen LogP contribution in [0, 0.1) is 0 Å². The molecule has 6 heteroatoms. The van der Waals surface area contributed by atoms with Gasteiger partial charge in [-0.15, -0.1) is 0 Å². The summed E-state index contributed by atoms with van der Waals surface area (Å²) in [6.45, 7) is 0. The lowest BCUT2D eigenvalue weighted by atomic mass is 10.2. The number of pyridine rings is 1. The van der Waals surface area contributed by atoms with Gasteiger partial charge < -0.3 is 10.7 Å². The first-order valence-electron chi connectivity index (χ1n) is 5.86. The summed E-state index contributed by atoms with van der Waals surface area (Å²) in [5.74, 6) is 0.732. The van der Waals surface area contributed by atoms with Crippen LogP contribution < -0.4 is 5.73 Å². The Bertz CT molecular complexity index is 855. The van der Waals surface area contributed by atoms with E-state index in [0.717, 1.165) is 27.9 Å². The molecule has 0 saturated carbocycles. The van der Waals surface area contributed by atoms with Crippen LogP contribution in [0.3, 0.4) is 0 Å². The van der Waals surface area contributed by atoms with Gasteiger partial charge in [0.15, 0.2) is 11.5 Å². The summed E-state index contributed by atoms with van der Waals surface area (Å²) in [6, 6.07) is 9.71. The van der Waals surface area contributed by atoms with Crippen LogP contribution in [0.25, 0.3) is 33.6 Å². The van der Waals surface area contributed by atoms with Crippen molar-refractivity contribution in [3.05, 3.63) is 36.5 Å². The highest BCUT2D eigenvalue weighted by Gasteiger charge is 2.12. The van der Waals surface area contributed by atoms with Gasteiger partial charge in [-0.05, 0) is 18.2 Å². The molecule has 4 N–H and O–H groups in total. The number of aromatic amines is 2. The first-order valence-corrected chi connectivity index (χ1v) is 5.86. The molecule has 0 aliphatic carbocycles. The Balaban J connectivity index is 2.00. The third kappa shape index (κ3) is 1.46. The maximum Gasteiger partial charge on any atom is 0.181 e. The second-order valence-corrected chi connectivity index (χ2v) is 4.34. The van der Waals surface area contributed by atoms with Gasteiger partial charge in [-0.25, -0.2) is 9.97 Å². The Hall–Kier alpha value is -2.89. The van der Waals surface area contributed by atoms with E-state index in [1.54, 1.807) is 6.20 Å². The number of hydrogen-bond acceptors (Lipinski definition) is 4. The van der Waals surface area contributed by atoms with E-state index in [1.165, 1.54) is 0 Å². The zero-order valence-corrected chi connectivity index (χ0v) is 9.88. The van der Waals surface area contributed by atoms with Gasteiger partial charge >= 0.3 is 0 Å². The number of anilines is 1.